The lowest BCUT2D eigenvalue weighted by Crippen LogP contribution is -2.27. The number of rotatable bonds is 7. The zero-order valence-corrected chi connectivity index (χ0v) is 21.0. The maximum absolute atomic E-state index is 14.9. The highest BCUT2D eigenvalue weighted by Gasteiger charge is 2.23. The Labute approximate surface area is 214 Å². The summed E-state index contributed by atoms with van der Waals surface area (Å²) in [6.07, 6.45) is 4.42. The largest absolute Gasteiger partial charge is 0.465 e. The van der Waals surface area contributed by atoms with Gasteiger partial charge in [0.15, 0.2) is 5.82 Å². The third-order valence-corrected chi connectivity index (χ3v) is 5.33. The molecule has 0 aliphatic rings. The highest BCUT2D eigenvalue weighted by molar-refractivity contribution is 5.96. The Morgan fingerprint density at radius 3 is 2.57 bits per heavy atom. The predicted molar refractivity (Wildman–Crippen MR) is 138 cm³/mol. The minimum Gasteiger partial charge on any atom is -0.465 e. The normalized spacial score (nSPS) is 11.9. The molecular weight excluding hydrogens is 476 g/mol. The van der Waals surface area contributed by atoms with Gasteiger partial charge >= 0.3 is 5.97 Å². The van der Waals surface area contributed by atoms with E-state index < -0.39 is 23.2 Å². The van der Waals surface area contributed by atoms with Crippen LogP contribution in [0.25, 0.3) is 17.3 Å². The number of nitrogens with zero attached hydrogens (tertiary/aromatic N) is 2. The van der Waals surface area contributed by atoms with Crippen LogP contribution in [0.15, 0.2) is 77.2 Å². The molecule has 37 heavy (non-hydrogen) atoms. The summed E-state index contributed by atoms with van der Waals surface area (Å²) in [4.78, 5) is 22.1. The van der Waals surface area contributed by atoms with Crippen LogP contribution < -0.4 is 5.32 Å². The minimum atomic E-state index is -0.755. The third kappa shape index (κ3) is 6.46. The van der Waals surface area contributed by atoms with Crippen molar-refractivity contribution >= 4 is 17.9 Å². The van der Waals surface area contributed by atoms with Crippen LogP contribution in [-0.2, 0) is 16.0 Å². The number of nitrogens with one attached hydrogen (secondary N) is 1. The Hall–Kier alpha value is -4.33. The molecule has 4 aromatic rings. The highest BCUT2D eigenvalue weighted by Crippen LogP contribution is 2.27. The van der Waals surface area contributed by atoms with Crippen LogP contribution in [0.4, 0.5) is 14.6 Å². The molecular formula is C29H27F2N3O3. The second-order valence-electron chi connectivity index (χ2n) is 9.46. The van der Waals surface area contributed by atoms with Crippen LogP contribution in [0, 0.1) is 18.6 Å². The van der Waals surface area contributed by atoms with Gasteiger partial charge in [0.2, 0.25) is 0 Å². The van der Waals surface area contributed by atoms with Crippen LogP contribution >= 0.6 is 0 Å². The van der Waals surface area contributed by atoms with Gasteiger partial charge in [-0.3, -0.25) is 0 Å². The van der Waals surface area contributed by atoms with E-state index in [0.29, 0.717) is 22.6 Å². The SMILES string of the molecule is Cc1cccc(-c2cnc(N/C(=C\c3ccco3)C(=O)OC(C)(C)C)c(Cc3ccccc3F)n2)c1F. The Kier molecular flexibility index (Phi) is 7.47. The minimum absolute atomic E-state index is 0.0449. The number of carbonyl (C=O) groups is 1. The number of halogens is 2. The van der Waals surface area contributed by atoms with Gasteiger partial charge in [0.25, 0.3) is 0 Å². The van der Waals surface area contributed by atoms with E-state index in [4.69, 9.17) is 9.15 Å². The maximum atomic E-state index is 14.9. The molecule has 0 radical (unpaired) electrons. The van der Waals surface area contributed by atoms with Crippen LogP contribution in [0.5, 0.6) is 0 Å². The fourth-order valence-corrected chi connectivity index (χ4v) is 3.57. The molecule has 1 N–H and O–H groups in total. The van der Waals surface area contributed by atoms with E-state index in [2.05, 4.69) is 15.3 Å². The summed E-state index contributed by atoms with van der Waals surface area (Å²) in [6, 6.07) is 14.7. The van der Waals surface area contributed by atoms with E-state index in [1.807, 2.05) is 0 Å². The number of anilines is 1. The third-order valence-electron chi connectivity index (χ3n) is 5.33. The molecule has 2 aromatic carbocycles. The van der Waals surface area contributed by atoms with Gasteiger partial charge < -0.3 is 14.5 Å². The van der Waals surface area contributed by atoms with Crippen molar-refractivity contribution in [3.63, 3.8) is 0 Å². The summed E-state index contributed by atoms with van der Waals surface area (Å²) in [5, 5.41) is 2.99. The summed E-state index contributed by atoms with van der Waals surface area (Å²) < 4.78 is 40.3. The molecule has 0 atom stereocenters. The van der Waals surface area contributed by atoms with Gasteiger partial charge in [0.1, 0.15) is 28.7 Å². The first-order chi connectivity index (χ1) is 17.6. The van der Waals surface area contributed by atoms with Gasteiger partial charge in [0.05, 0.1) is 23.8 Å². The number of hydrogen-bond donors (Lipinski definition) is 1. The molecule has 4 rings (SSSR count). The van der Waals surface area contributed by atoms with Gasteiger partial charge in [-0.15, -0.1) is 0 Å². The second kappa shape index (κ2) is 10.7. The fraction of sp³-hybridized carbons (Fsp3) is 0.207. The van der Waals surface area contributed by atoms with Gasteiger partial charge in [-0.2, -0.15) is 0 Å². The molecule has 0 saturated carbocycles. The van der Waals surface area contributed by atoms with Crippen molar-refractivity contribution in [2.75, 3.05) is 5.32 Å². The number of aryl methyl sites for hydroxylation is 1. The van der Waals surface area contributed by atoms with Crippen molar-refractivity contribution in [2.45, 2.75) is 39.7 Å². The highest BCUT2D eigenvalue weighted by atomic mass is 19.1. The van der Waals surface area contributed by atoms with Gasteiger partial charge in [0, 0.05) is 18.1 Å². The summed E-state index contributed by atoms with van der Waals surface area (Å²) in [6.45, 7) is 6.92. The molecule has 2 aromatic heterocycles. The number of aromatic nitrogens is 2. The lowest BCUT2D eigenvalue weighted by atomic mass is 10.1. The number of hydrogen-bond acceptors (Lipinski definition) is 6. The molecule has 6 nitrogen and oxygen atoms in total. The van der Waals surface area contributed by atoms with Crippen LogP contribution in [0.2, 0.25) is 0 Å². The van der Waals surface area contributed by atoms with Crippen molar-refractivity contribution in [2.24, 2.45) is 0 Å². The van der Waals surface area contributed by atoms with E-state index in [-0.39, 0.29) is 29.2 Å². The predicted octanol–water partition coefficient (Wildman–Crippen LogP) is 6.71. The first-order valence-electron chi connectivity index (χ1n) is 11.7. The van der Waals surface area contributed by atoms with Crippen LogP contribution in [0.1, 0.15) is 43.4 Å². The molecule has 0 bridgehead atoms. The van der Waals surface area contributed by atoms with E-state index in [9.17, 15) is 13.6 Å². The van der Waals surface area contributed by atoms with Gasteiger partial charge in [-0.1, -0.05) is 30.3 Å². The molecule has 8 heteroatoms. The quantitative estimate of drug-likeness (QED) is 0.223. The number of carbonyl (C=O) groups excluding carboxylic acids is 1. The molecule has 0 amide bonds. The van der Waals surface area contributed by atoms with Crippen molar-refractivity contribution in [1.29, 1.82) is 0 Å². The monoisotopic (exact) mass is 503 g/mol. The molecule has 0 spiro atoms. The lowest BCUT2D eigenvalue weighted by molar-refractivity contribution is -0.149. The topological polar surface area (TPSA) is 77.2 Å². The molecule has 0 fully saturated rings. The van der Waals surface area contributed by atoms with E-state index in [1.165, 1.54) is 24.6 Å². The maximum Gasteiger partial charge on any atom is 0.355 e. The molecule has 190 valence electrons. The summed E-state index contributed by atoms with van der Waals surface area (Å²) in [5.74, 6) is -0.863. The van der Waals surface area contributed by atoms with Crippen molar-refractivity contribution in [1.82, 2.24) is 9.97 Å². The smallest absolute Gasteiger partial charge is 0.355 e. The molecule has 0 unspecified atom stereocenters. The number of esters is 1. The molecule has 2 heterocycles. The van der Waals surface area contributed by atoms with Crippen LogP contribution in [0.3, 0.4) is 0 Å². The van der Waals surface area contributed by atoms with Crippen molar-refractivity contribution < 1.29 is 22.7 Å². The lowest BCUT2D eigenvalue weighted by Gasteiger charge is -2.21. The second-order valence-corrected chi connectivity index (χ2v) is 9.46. The van der Waals surface area contributed by atoms with Gasteiger partial charge in [-0.25, -0.2) is 23.5 Å². The molecule has 0 saturated heterocycles. The van der Waals surface area contributed by atoms with E-state index >= 15 is 0 Å². The van der Waals surface area contributed by atoms with E-state index in [0.717, 1.165) is 0 Å². The molecule has 0 aliphatic heterocycles. The first kappa shape index (κ1) is 25.8. The zero-order valence-electron chi connectivity index (χ0n) is 21.0. The Morgan fingerprint density at radius 1 is 1.08 bits per heavy atom. The van der Waals surface area contributed by atoms with Gasteiger partial charge in [-0.05, 0) is 63.1 Å². The average Bonchev–Trinajstić information content (AvgIpc) is 3.35. The number of benzene rings is 2. The Morgan fingerprint density at radius 2 is 1.86 bits per heavy atom. The fourth-order valence-electron chi connectivity index (χ4n) is 3.57. The number of ether oxygens (including phenoxy) is 1. The summed E-state index contributed by atoms with van der Waals surface area (Å²) in [5.41, 5.74) is 0.997. The van der Waals surface area contributed by atoms with Crippen molar-refractivity contribution in [3.05, 3.63) is 107 Å². The Bertz CT molecular complexity index is 1440. The van der Waals surface area contributed by atoms with Crippen molar-refractivity contribution in [3.8, 4) is 11.3 Å². The standard InChI is InChI=1S/C29H27F2N3O3/c1-18-9-7-12-21(26(18)31)25-17-32-27(23(33-25)15-19-10-5-6-13-22(19)30)34-24(16-20-11-8-14-36-20)28(35)37-29(2,3)4/h5-14,16-17H,15H2,1-4H3,(H,32,34)/b24-16-. The zero-order chi connectivity index (χ0) is 26.6. The molecule has 0 aliphatic carbocycles. The summed E-state index contributed by atoms with van der Waals surface area (Å²) in [7, 11) is 0. The average molecular weight is 504 g/mol. The summed E-state index contributed by atoms with van der Waals surface area (Å²) >= 11 is 0. The Balaban J connectivity index is 1.79. The van der Waals surface area contributed by atoms with Crippen LogP contribution in [-0.4, -0.2) is 21.5 Å². The number of furan rings is 1. The van der Waals surface area contributed by atoms with E-state index in [1.54, 1.807) is 76.2 Å². The first-order valence-corrected chi connectivity index (χ1v) is 11.7.